The zero-order chi connectivity index (χ0) is 19.3. The molecule has 1 N–H and O–H groups in total. The van der Waals surface area contributed by atoms with E-state index in [2.05, 4.69) is 10.3 Å². The number of hydrogen-bond donors (Lipinski definition) is 1. The molecule has 2 aromatic rings. The number of amidine groups is 1. The second kappa shape index (κ2) is 8.91. The maximum atomic E-state index is 12.8. The zero-order valence-electron chi connectivity index (χ0n) is 13.1. The molecule has 10 heteroatoms. The molecule has 2 rings (SSSR count). The summed E-state index contributed by atoms with van der Waals surface area (Å²) in [7, 11) is 0. The summed E-state index contributed by atoms with van der Waals surface area (Å²) in [5.74, 6) is 0. The first-order valence-electron chi connectivity index (χ1n) is 6.86. The number of hydrogen-bond acceptors (Lipinski definition) is 4. The summed E-state index contributed by atoms with van der Waals surface area (Å²) in [6, 6.07) is 7.95. The fourth-order valence-corrected chi connectivity index (χ4v) is 3.78. The molecular formula is C16H10Cl2F3N3S2. The van der Waals surface area contributed by atoms with Gasteiger partial charge in [-0.2, -0.15) is 18.4 Å². The predicted molar refractivity (Wildman–Crippen MR) is 101 cm³/mol. The first-order chi connectivity index (χ1) is 12.2. The maximum Gasteiger partial charge on any atom is 0.416 e. The SMILES string of the molecule is CSC(=Nc1cc(Cl)c(Sc2cccc(C(F)(F)F)c2)c(Cl)c1)NC#N. The van der Waals surface area contributed by atoms with Gasteiger partial charge in [0.05, 0.1) is 21.3 Å². The Morgan fingerprint density at radius 1 is 1.19 bits per heavy atom. The zero-order valence-corrected chi connectivity index (χ0v) is 16.2. The summed E-state index contributed by atoms with van der Waals surface area (Å²) < 4.78 is 38.5. The molecule has 2 aromatic carbocycles. The van der Waals surface area contributed by atoms with Gasteiger partial charge in [-0.1, -0.05) is 52.8 Å². The number of rotatable bonds is 3. The summed E-state index contributed by atoms with van der Waals surface area (Å²) in [5.41, 5.74) is -0.330. The molecular weight excluding hydrogens is 426 g/mol. The van der Waals surface area contributed by atoms with Crippen LogP contribution in [0.1, 0.15) is 5.56 Å². The monoisotopic (exact) mass is 435 g/mol. The Hall–Kier alpha value is -1.53. The lowest BCUT2D eigenvalue weighted by atomic mass is 10.2. The van der Waals surface area contributed by atoms with Crippen LogP contribution in [0.25, 0.3) is 0 Å². The van der Waals surface area contributed by atoms with Gasteiger partial charge >= 0.3 is 6.18 Å². The minimum absolute atomic E-state index is 0.246. The van der Waals surface area contributed by atoms with Gasteiger partial charge in [0, 0.05) is 9.79 Å². The van der Waals surface area contributed by atoms with Gasteiger partial charge in [0.1, 0.15) is 0 Å². The molecule has 3 nitrogen and oxygen atoms in total. The predicted octanol–water partition coefficient (Wildman–Crippen LogP) is 6.58. The number of thioether (sulfide) groups is 1. The highest BCUT2D eigenvalue weighted by Crippen LogP contribution is 2.42. The molecule has 0 aromatic heterocycles. The smallest absolute Gasteiger partial charge is 0.271 e. The second-order valence-corrected chi connectivity index (χ2v) is 7.42. The van der Waals surface area contributed by atoms with E-state index in [1.807, 2.05) is 0 Å². The average molecular weight is 436 g/mol. The molecule has 0 amide bonds. The molecule has 0 aliphatic heterocycles. The highest BCUT2D eigenvalue weighted by molar-refractivity contribution is 8.13. The molecule has 26 heavy (non-hydrogen) atoms. The van der Waals surface area contributed by atoms with Gasteiger partial charge in [-0.3, -0.25) is 5.32 Å². The lowest BCUT2D eigenvalue weighted by Gasteiger charge is -2.11. The fraction of sp³-hybridized carbons (Fsp3) is 0.125. The van der Waals surface area contributed by atoms with Crippen molar-refractivity contribution in [2.75, 3.05) is 6.26 Å². The van der Waals surface area contributed by atoms with E-state index >= 15 is 0 Å². The number of nitriles is 1. The van der Waals surface area contributed by atoms with Gasteiger partial charge in [-0.05, 0) is 36.6 Å². The quantitative estimate of drug-likeness (QED) is 0.255. The van der Waals surface area contributed by atoms with Crippen molar-refractivity contribution in [3.05, 3.63) is 52.0 Å². The van der Waals surface area contributed by atoms with Crippen LogP contribution in [-0.2, 0) is 6.18 Å². The van der Waals surface area contributed by atoms with Gasteiger partial charge in [0.25, 0.3) is 0 Å². The van der Waals surface area contributed by atoms with Gasteiger partial charge in [0.15, 0.2) is 11.4 Å². The molecule has 0 atom stereocenters. The van der Waals surface area contributed by atoms with Crippen molar-refractivity contribution < 1.29 is 13.2 Å². The highest BCUT2D eigenvalue weighted by Gasteiger charge is 2.30. The van der Waals surface area contributed by atoms with Gasteiger partial charge in [-0.15, -0.1) is 0 Å². The Kier molecular flexibility index (Phi) is 7.12. The molecule has 0 bridgehead atoms. The number of nitrogens with one attached hydrogen (secondary N) is 1. The number of nitrogens with zero attached hydrogens (tertiary/aromatic N) is 2. The highest BCUT2D eigenvalue weighted by atomic mass is 35.5. The van der Waals surface area contributed by atoms with Crippen LogP contribution in [0.4, 0.5) is 18.9 Å². The largest absolute Gasteiger partial charge is 0.416 e. The summed E-state index contributed by atoms with van der Waals surface area (Å²) >= 11 is 14.7. The van der Waals surface area contributed by atoms with E-state index in [9.17, 15) is 13.2 Å². The third-order valence-corrected chi connectivity index (χ3v) is 5.49. The van der Waals surface area contributed by atoms with E-state index < -0.39 is 11.7 Å². The van der Waals surface area contributed by atoms with E-state index in [0.717, 1.165) is 23.9 Å². The number of benzene rings is 2. The molecule has 0 saturated heterocycles. The second-order valence-electron chi connectivity index (χ2n) is 4.72. The molecule has 0 aliphatic rings. The topological polar surface area (TPSA) is 48.2 Å². The third kappa shape index (κ3) is 5.48. The van der Waals surface area contributed by atoms with Crippen LogP contribution in [0.15, 0.2) is 51.2 Å². The van der Waals surface area contributed by atoms with Crippen molar-refractivity contribution in [3.8, 4) is 6.19 Å². The van der Waals surface area contributed by atoms with Crippen molar-refractivity contribution in [2.24, 2.45) is 4.99 Å². The van der Waals surface area contributed by atoms with Crippen LogP contribution in [0, 0.1) is 11.5 Å². The Labute approximate surface area is 166 Å². The van der Waals surface area contributed by atoms with Gasteiger partial charge in [0.2, 0.25) is 0 Å². The molecule has 0 saturated carbocycles. The van der Waals surface area contributed by atoms with Crippen molar-refractivity contribution in [3.63, 3.8) is 0 Å². The summed E-state index contributed by atoms with van der Waals surface area (Å²) in [6.45, 7) is 0. The van der Waals surface area contributed by atoms with Crippen LogP contribution >= 0.6 is 46.7 Å². The van der Waals surface area contributed by atoms with Crippen LogP contribution in [0.5, 0.6) is 0 Å². The van der Waals surface area contributed by atoms with Crippen molar-refractivity contribution in [2.45, 2.75) is 16.0 Å². The third-order valence-electron chi connectivity index (χ3n) is 2.95. The van der Waals surface area contributed by atoms with Crippen LogP contribution < -0.4 is 5.32 Å². The minimum atomic E-state index is -4.43. The number of alkyl halides is 3. The number of aliphatic imine (C=N–C) groups is 1. The van der Waals surface area contributed by atoms with E-state index in [4.69, 9.17) is 28.5 Å². The van der Waals surface area contributed by atoms with E-state index in [1.54, 1.807) is 18.5 Å². The van der Waals surface area contributed by atoms with Gasteiger partial charge in [-0.25, -0.2) is 4.99 Å². The normalized spacial score (nSPS) is 12.0. The van der Waals surface area contributed by atoms with Crippen molar-refractivity contribution in [1.29, 1.82) is 5.26 Å². The molecule has 136 valence electrons. The minimum Gasteiger partial charge on any atom is -0.271 e. The summed E-state index contributed by atoms with van der Waals surface area (Å²) in [4.78, 5) is 4.98. The summed E-state index contributed by atoms with van der Waals surface area (Å²) in [6.07, 6.45) is -0.920. The number of halogens is 5. The molecule has 0 heterocycles. The Morgan fingerprint density at radius 2 is 1.85 bits per heavy atom. The summed E-state index contributed by atoms with van der Waals surface area (Å²) in [5, 5.41) is 11.9. The maximum absolute atomic E-state index is 12.8. The molecule has 0 spiro atoms. The standard InChI is InChI=1S/C16H10Cl2F3N3S2/c1-25-15(23-8-22)24-10-6-12(17)14(13(18)7-10)26-11-4-2-3-9(5-11)16(19,20)21/h2-7H,1H3,(H,23,24). The average Bonchev–Trinajstić information content (AvgIpc) is 2.57. The van der Waals surface area contributed by atoms with E-state index in [1.165, 1.54) is 30.0 Å². The van der Waals surface area contributed by atoms with E-state index in [0.29, 0.717) is 20.6 Å². The van der Waals surface area contributed by atoms with E-state index in [-0.39, 0.29) is 10.0 Å². The Balaban J connectivity index is 2.34. The van der Waals surface area contributed by atoms with Gasteiger partial charge < -0.3 is 0 Å². The molecule has 0 aliphatic carbocycles. The lowest BCUT2D eigenvalue weighted by Crippen LogP contribution is -2.12. The van der Waals surface area contributed by atoms with Crippen molar-refractivity contribution in [1.82, 2.24) is 5.32 Å². The first-order valence-corrected chi connectivity index (χ1v) is 9.66. The first kappa shape index (κ1) is 20.8. The Bertz CT molecular complexity index is 857. The van der Waals surface area contributed by atoms with Crippen LogP contribution in [0.3, 0.4) is 0 Å². The Morgan fingerprint density at radius 3 is 2.38 bits per heavy atom. The molecule has 0 fully saturated rings. The molecule has 0 unspecified atom stereocenters. The van der Waals surface area contributed by atoms with Crippen LogP contribution in [-0.4, -0.2) is 11.4 Å². The van der Waals surface area contributed by atoms with Crippen LogP contribution in [0.2, 0.25) is 10.0 Å². The lowest BCUT2D eigenvalue weighted by molar-refractivity contribution is -0.137. The fourth-order valence-electron chi connectivity index (χ4n) is 1.85. The molecule has 0 radical (unpaired) electrons. The van der Waals surface area contributed by atoms with Crippen molar-refractivity contribution >= 4 is 57.6 Å².